The minimum absolute atomic E-state index is 0.0622. The second-order valence-electron chi connectivity index (χ2n) is 4.93. The van der Waals surface area contributed by atoms with E-state index >= 15 is 0 Å². The zero-order chi connectivity index (χ0) is 16.1. The van der Waals surface area contributed by atoms with Gasteiger partial charge in [-0.15, -0.1) is 0 Å². The van der Waals surface area contributed by atoms with Crippen molar-refractivity contribution in [2.75, 3.05) is 11.9 Å². The smallest absolute Gasteiger partial charge is 0.241 e. The quantitative estimate of drug-likeness (QED) is 0.789. The van der Waals surface area contributed by atoms with Gasteiger partial charge in [-0.05, 0) is 31.0 Å². The van der Waals surface area contributed by atoms with Crippen molar-refractivity contribution in [2.24, 2.45) is 0 Å². The van der Waals surface area contributed by atoms with E-state index in [4.69, 9.17) is 23.8 Å². The Morgan fingerprint density at radius 1 is 1.50 bits per heavy atom. The molecule has 1 unspecified atom stereocenters. The van der Waals surface area contributed by atoms with E-state index in [0.717, 1.165) is 6.42 Å². The van der Waals surface area contributed by atoms with Crippen LogP contribution in [0.25, 0.3) is 0 Å². The molecular formula is C15H17ClN2O2S2. The second-order valence-corrected chi connectivity index (χ2v) is 7.21. The molecule has 1 fully saturated rings. The van der Waals surface area contributed by atoms with Gasteiger partial charge in [-0.1, -0.05) is 48.6 Å². The first-order valence-electron chi connectivity index (χ1n) is 7.08. The summed E-state index contributed by atoms with van der Waals surface area (Å²) in [5.41, 5.74) is 0.673. The lowest BCUT2D eigenvalue weighted by Crippen LogP contribution is -2.32. The summed E-state index contributed by atoms with van der Waals surface area (Å²) in [7, 11) is 0. The van der Waals surface area contributed by atoms with Gasteiger partial charge >= 0.3 is 0 Å². The number of carbonyl (C=O) groups excluding carboxylic acids is 2. The minimum atomic E-state index is -0.0977. The van der Waals surface area contributed by atoms with Gasteiger partial charge < -0.3 is 5.32 Å². The number of benzene rings is 1. The zero-order valence-corrected chi connectivity index (χ0v) is 14.6. The third-order valence-corrected chi connectivity index (χ3v) is 5.26. The fourth-order valence-corrected chi connectivity index (χ4v) is 3.81. The van der Waals surface area contributed by atoms with Crippen LogP contribution in [0, 0.1) is 0 Å². The standard InChI is InChI=1S/C15H17ClN2O2S2/c1-2-12-14(20)18(15(21)22-12)8-4-7-13(19)17-11-6-3-5-10(16)9-11/h3,5-6,9,12H,2,4,7-8H2,1H3,(H,17,19). The van der Waals surface area contributed by atoms with Gasteiger partial charge in [0.2, 0.25) is 11.8 Å². The van der Waals surface area contributed by atoms with Crippen LogP contribution in [0.5, 0.6) is 0 Å². The van der Waals surface area contributed by atoms with Gasteiger partial charge in [0.25, 0.3) is 0 Å². The highest BCUT2D eigenvalue weighted by atomic mass is 35.5. The molecule has 0 radical (unpaired) electrons. The number of carbonyl (C=O) groups is 2. The molecule has 0 spiro atoms. The fourth-order valence-electron chi connectivity index (χ4n) is 2.15. The molecule has 1 aliphatic rings. The maximum atomic E-state index is 12.1. The summed E-state index contributed by atoms with van der Waals surface area (Å²) in [6, 6.07) is 7.01. The zero-order valence-electron chi connectivity index (χ0n) is 12.2. The molecule has 1 aromatic rings. The summed E-state index contributed by atoms with van der Waals surface area (Å²) in [5, 5.41) is 3.30. The van der Waals surface area contributed by atoms with Crippen LogP contribution in [0.1, 0.15) is 26.2 Å². The topological polar surface area (TPSA) is 49.4 Å². The Kier molecular flexibility index (Phi) is 6.23. The van der Waals surface area contributed by atoms with Crippen LogP contribution in [0.2, 0.25) is 5.02 Å². The Morgan fingerprint density at radius 3 is 2.91 bits per heavy atom. The summed E-state index contributed by atoms with van der Waals surface area (Å²) >= 11 is 12.5. The average molecular weight is 357 g/mol. The van der Waals surface area contributed by atoms with Crippen molar-refractivity contribution in [3.05, 3.63) is 29.3 Å². The third-order valence-electron chi connectivity index (χ3n) is 3.27. The number of amides is 2. The van der Waals surface area contributed by atoms with Crippen LogP contribution in [-0.4, -0.2) is 32.8 Å². The highest BCUT2D eigenvalue weighted by molar-refractivity contribution is 8.24. The maximum absolute atomic E-state index is 12.1. The first-order chi connectivity index (χ1) is 10.5. The molecule has 22 heavy (non-hydrogen) atoms. The van der Waals surface area contributed by atoms with E-state index in [0.29, 0.717) is 34.4 Å². The Bertz CT molecular complexity index is 595. The van der Waals surface area contributed by atoms with E-state index < -0.39 is 0 Å². The van der Waals surface area contributed by atoms with Gasteiger partial charge in [-0.25, -0.2) is 0 Å². The largest absolute Gasteiger partial charge is 0.326 e. The van der Waals surface area contributed by atoms with E-state index in [9.17, 15) is 9.59 Å². The normalized spacial score (nSPS) is 17.9. The summed E-state index contributed by atoms with van der Waals surface area (Å²) < 4.78 is 0.618. The van der Waals surface area contributed by atoms with Crippen molar-refractivity contribution < 1.29 is 9.59 Å². The van der Waals surface area contributed by atoms with Gasteiger partial charge in [-0.3, -0.25) is 14.5 Å². The van der Waals surface area contributed by atoms with E-state index in [1.807, 2.05) is 6.92 Å². The van der Waals surface area contributed by atoms with E-state index in [-0.39, 0.29) is 17.1 Å². The summed E-state index contributed by atoms with van der Waals surface area (Å²) in [6.07, 6.45) is 1.69. The van der Waals surface area contributed by atoms with Gasteiger partial charge in [-0.2, -0.15) is 0 Å². The Hall–Kier alpha value is -1.11. The van der Waals surface area contributed by atoms with E-state index in [2.05, 4.69) is 5.32 Å². The fraction of sp³-hybridized carbons (Fsp3) is 0.400. The number of thiocarbonyl (C=S) groups is 1. The monoisotopic (exact) mass is 356 g/mol. The van der Waals surface area contributed by atoms with Crippen molar-refractivity contribution >= 4 is 57.4 Å². The molecule has 1 heterocycles. The lowest BCUT2D eigenvalue weighted by molar-refractivity contribution is -0.126. The molecule has 1 saturated heterocycles. The van der Waals surface area contributed by atoms with Crippen molar-refractivity contribution in [3.8, 4) is 0 Å². The highest BCUT2D eigenvalue weighted by Gasteiger charge is 2.35. The number of hydrogen-bond donors (Lipinski definition) is 1. The highest BCUT2D eigenvalue weighted by Crippen LogP contribution is 2.29. The first kappa shape index (κ1) is 17.2. The number of rotatable bonds is 6. The molecular weight excluding hydrogens is 340 g/mol. The molecule has 7 heteroatoms. The van der Waals surface area contributed by atoms with Crippen molar-refractivity contribution in [2.45, 2.75) is 31.4 Å². The summed E-state index contributed by atoms with van der Waals surface area (Å²) in [4.78, 5) is 25.6. The SMILES string of the molecule is CCC1SC(=S)N(CCCC(=O)Nc2cccc(Cl)c2)C1=O. The Morgan fingerprint density at radius 2 is 2.27 bits per heavy atom. The number of thioether (sulfide) groups is 1. The van der Waals surface area contributed by atoms with Crippen molar-refractivity contribution in [1.29, 1.82) is 0 Å². The molecule has 0 aliphatic carbocycles. The number of anilines is 1. The molecule has 1 aliphatic heterocycles. The molecule has 0 aromatic heterocycles. The third kappa shape index (κ3) is 4.44. The predicted octanol–water partition coefficient (Wildman–Crippen LogP) is 3.70. The van der Waals surface area contributed by atoms with Crippen LogP contribution in [0.3, 0.4) is 0 Å². The second kappa shape index (κ2) is 7.94. The van der Waals surface area contributed by atoms with Crippen LogP contribution < -0.4 is 5.32 Å². The predicted molar refractivity (Wildman–Crippen MR) is 95.3 cm³/mol. The van der Waals surface area contributed by atoms with Crippen LogP contribution in [0.15, 0.2) is 24.3 Å². The molecule has 4 nitrogen and oxygen atoms in total. The number of nitrogens with one attached hydrogen (secondary N) is 1. The molecule has 1 atom stereocenters. The van der Waals surface area contributed by atoms with Crippen LogP contribution in [0.4, 0.5) is 5.69 Å². The minimum Gasteiger partial charge on any atom is -0.326 e. The van der Waals surface area contributed by atoms with Gasteiger partial charge in [0.1, 0.15) is 4.32 Å². The van der Waals surface area contributed by atoms with Crippen molar-refractivity contribution in [3.63, 3.8) is 0 Å². The lowest BCUT2D eigenvalue weighted by atomic mass is 10.2. The molecule has 2 rings (SSSR count). The summed E-state index contributed by atoms with van der Waals surface area (Å²) in [5.74, 6) is -0.0349. The molecule has 0 bridgehead atoms. The molecule has 118 valence electrons. The average Bonchev–Trinajstić information content (AvgIpc) is 2.74. The van der Waals surface area contributed by atoms with Crippen LogP contribution in [-0.2, 0) is 9.59 Å². The molecule has 1 aromatic carbocycles. The number of halogens is 1. The van der Waals surface area contributed by atoms with E-state index in [1.54, 1.807) is 29.2 Å². The van der Waals surface area contributed by atoms with E-state index in [1.165, 1.54) is 11.8 Å². The van der Waals surface area contributed by atoms with Gasteiger partial charge in [0.05, 0.1) is 5.25 Å². The molecule has 1 N–H and O–H groups in total. The lowest BCUT2D eigenvalue weighted by Gasteiger charge is -2.15. The molecule has 2 amide bonds. The number of hydrogen-bond acceptors (Lipinski definition) is 4. The van der Waals surface area contributed by atoms with Crippen LogP contribution >= 0.6 is 35.6 Å². The summed E-state index contributed by atoms with van der Waals surface area (Å²) in [6.45, 7) is 2.46. The van der Waals surface area contributed by atoms with Gasteiger partial charge in [0, 0.05) is 23.7 Å². The van der Waals surface area contributed by atoms with Crippen molar-refractivity contribution in [1.82, 2.24) is 4.90 Å². The Balaban J connectivity index is 1.78. The first-order valence-corrected chi connectivity index (χ1v) is 8.75. The maximum Gasteiger partial charge on any atom is 0.241 e. The van der Waals surface area contributed by atoms with Gasteiger partial charge in [0.15, 0.2) is 0 Å². The number of nitrogens with zero attached hydrogens (tertiary/aromatic N) is 1. The molecule has 0 saturated carbocycles. The Labute approximate surface area is 144 Å².